The number of carbonyl (C=O) groups is 1. The maximum atomic E-state index is 13.7. The van der Waals surface area contributed by atoms with Crippen LogP contribution in [-0.4, -0.2) is 40.9 Å². The number of benzene rings is 2. The quantitative estimate of drug-likeness (QED) is 0.639. The van der Waals surface area contributed by atoms with Crippen LogP contribution >= 0.6 is 0 Å². The largest absolute Gasteiger partial charge is 0.454 e. The van der Waals surface area contributed by atoms with Gasteiger partial charge < -0.3 is 14.4 Å². The molecule has 3 heterocycles. The standard InChI is InChI=1S/C24H23F2N3O3/c25-19-6-5-16(11-20(19)26)18-12-27-28-24(18)17-2-1-9-29(13-17)23(30)8-4-15-3-7-21-22(10-15)32-14-31-21/h3,5-7,10-12,17H,1-2,4,8-9,13-14H2,(H,27,28). The minimum Gasteiger partial charge on any atom is -0.454 e. The van der Waals surface area contributed by atoms with Crippen molar-refractivity contribution in [2.24, 2.45) is 0 Å². The molecule has 0 saturated carbocycles. The zero-order valence-electron chi connectivity index (χ0n) is 17.4. The van der Waals surface area contributed by atoms with Crippen molar-refractivity contribution in [3.8, 4) is 22.6 Å². The Kier molecular flexibility index (Phi) is 5.51. The Morgan fingerprint density at radius 1 is 1.12 bits per heavy atom. The first-order valence-electron chi connectivity index (χ1n) is 10.7. The summed E-state index contributed by atoms with van der Waals surface area (Å²) in [6.45, 7) is 1.51. The number of hydrogen-bond acceptors (Lipinski definition) is 4. The highest BCUT2D eigenvalue weighted by Crippen LogP contribution is 2.35. The molecule has 1 saturated heterocycles. The van der Waals surface area contributed by atoms with Crippen LogP contribution in [-0.2, 0) is 11.2 Å². The number of H-pyrrole nitrogens is 1. The Hall–Kier alpha value is -3.42. The van der Waals surface area contributed by atoms with Crippen molar-refractivity contribution in [1.82, 2.24) is 15.1 Å². The first-order chi connectivity index (χ1) is 15.6. The highest BCUT2D eigenvalue weighted by Gasteiger charge is 2.28. The predicted molar refractivity (Wildman–Crippen MR) is 113 cm³/mol. The van der Waals surface area contributed by atoms with Crippen molar-refractivity contribution in [1.29, 1.82) is 0 Å². The van der Waals surface area contributed by atoms with E-state index in [0.717, 1.165) is 47.2 Å². The van der Waals surface area contributed by atoms with Crippen LogP contribution in [0.15, 0.2) is 42.6 Å². The maximum absolute atomic E-state index is 13.7. The van der Waals surface area contributed by atoms with Crippen molar-refractivity contribution < 1.29 is 23.0 Å². The Bertz CT molecular complexity index is 1150. The Balaban J connectivity index is 1.25. The van der Waals surface area contributed by atoms with Crippen molar-refractivity contribution in [3.63, 3.8) is 0 Å². The van der Waals surface area contributed by atoms with E-state index in [0.29, 0.717) is 31.5 Å². The molecule has 1 amide bonds. The lowest BCUT2D eigenvalue weighted by Gasteiger charge is -2.33. The second-order valence-corrected chi connectivity index (χ2v) is 8.19. The summed E-state index contributed by atoms with van der Waals surface area (Å²) in [5.74, 6) is -0.160. The Morgan fingerprint density at radius 3 is 2.88 bits per heavy atom. The number of halogens is 2. The normalized spacial score (nSPS) is 17.6. The van der Waals surface area contributed by atoms with E-state index in [1.807, 2.05) is 23.1 Å². The fourth-order valence-electron chi connectivity index (χ4n) is 4.45. The molecule has 2 aliphatic rings. The van der Waals surface area contributed by atoms with Gasteiger partial charge in [-0.2, -0.15) is 5.10 Å². The average molecular weight is 439 g/mol. The van der Waals surface area contributed by atoms with Gasteiger partial charge in [-0.05, 0) is 54.7 Å². The number of carbonyl (C=O) groups excluding carboxylic acids is 1. The molecule has 1 fully saturated rings. The zero-order chi connectivity index (χ0) is 22.1. The van der Waals surface area contributed by atoms with Crippen LogP contribution in [0.5, 0.6) is 11.5 Å². The van der Waals surface area contributed by atoms with Gasteiger partial charge in [0.25, 0.3) is 0 Å². The molecule has 0 aliphatic carbocycles. The number of fused-ring (bicyclic) bond motifs is 1. The van der Waals surface area contributed by atoms with Gasteiger partial charge in [0.1, 0.15) is 0 Å². The third-order valence-corrected chi connectivity index (χ3v) is 6.15. The van der Waals surface area contributed by atoms with E-state index < -0.39 is 11.6 Å². The topological polar surface area (TPSA) is 67.5 Å². The smallest absolute Gasteiger partial charge is 0.231 e. The molecule has 0 spiro atoms. The molecule has 1 unspecified atom stereocenters. The van der Waals surface area contributed by atoms with Crippen LogP contribution in [0.2, 0.25) is 0 Å². The zero-order valence-corrected chi connectivity index (χ0v) is 17.4. The van der Waals surface area contributed by atoms with Gasteiger partial charge in [0, 0.05) is 36.7 Å². The molecule has 0 radical (unpaired) electrons. The van der Waals surface area contributed by atoms with Crippen LogP contribution in [0.3, 0.4) is 0 Å². The summed E-state index contributed by atoms with van der Waals surface area (Å²) in [5.41, 5.74) is 3.19. The van der Waals surface area contributed by atoms with Gasteiger partial charge in [0.15, 0.2) is 23.1 Å². The first-order valence-corrected chi connectivity index (χ1v) is 10.7. The van der Waals surface area contributed by atoms with Crippen molar-refractivity contribution in [3.05, 3.63) is 65.5 Å². The molecule has 8 heteroatoms. The molecular formula is C24H23F2N3O3. The fourth-order valence-corrected chi connectivity index (χ4v) is 4.45. The Morgan fingerprint density at radius 2 is 2.00 bits per heavy atom. The van der Waals surface area contributed by atoms with Gasteiger partial charge in [-0.1, -0.05) is 12.1 Å². The highest BCUT2D eigenvalue weighted by molar-refractivity contribution is 5.77. The summed E-state index contributed by atoms with van der Waals surface area (Å²) >= 11 is 0. The Labute approximate surface area is 184 Å². The van der Waals surface area contributed by atoms with E-state index in [-0.39, 0.29) is 18.6 Å². The van der Waals surface area contributed by atoms with Crippen LogP contribution in [0, 0.1) is 11.6 Å². The third-order valence-electron chi connectivity index (χ3n) is 6.15. The van der Waals surface area contributed by atoms with E-state index >= 15 is 0 Å². The molecule has 166 valence electrons. The SMILES string of the molecule is O=C(CCc1ccc2c(c1)OCO2)N1CCCC(c2[nH]ncc2-c2ccc(F)c(F)c2)C1. The maximum Gasteiger partial charge on any atom is 0.231 e. The minimum absolute atomic E-state index is 0.0591. The number of amides is 1. The van der Waals surface area contributed by atoms with E-state index in [4.69, 9.17) is 9.47 Å². The van der Waals surface area contributed by atoms with E-state index in [9.17, 15) is 13.6 Å². The second-order valence-electron chi connectivity index (χ2n) is 8.19. The van der Waals surface area contributed by atoms with Gasteiger partial charge in [-0.25, -0.2) is 8.78 Å². The average Bonchev–Trinajstić information content (AvgIpc) is 3.48. The second kappa shape index (κ2) is 8.61. The monoisotopic (exact) mass is 439 g/mol. The molecule has 1 aromatic heterocycles. The summed E-state index contributed by atoms with van der Waals surface area (Å²) in [7, 11) is 0. The molecule has 2 aliphatic heterocycles. The molecule has 3 aromatic rings. The van der Waals surface area contributed by atoms with Crippen LogP contribution in [0.4, 0.5) is 8.78 Å². The summed E-state index contributed by atoms with van der Waals surface area (Å²) < 4.78 is 37.8. The number of nitrogens with zero attached hydrogens (tertiary/aromatic N) is 2. The van der Waals surface area contributed by atoms with Crippen LogP contribution in [0.1, 0.15) is 36.4 Å². The fraction of sp³-hybridized carbons (Fsp3) is 0.333. The number of nitrogens with one attached hydrogen (secondary N) is 1. The first kappa shape index (κ1) is 20.5. The lowest BCUT2D eigenvalue weighted by atomic mass is 9.90. The highest BCUT2D eigenvalue weighted by atomic mass is 19.2. The van der Waals surface area contributed by atoms with E-state index in [1.54, 1.807) is 12.3 Å². The number of aryl methyl sites for hydroxylation is 1. The molecule has 5 rings (SSSR count). The van der Waals surface area contributed by atoms with Crippen LogP contribution in [0.25, 0.3) is 11.1 Å². The van der Waals surface area contributed by atoms with Crippen molar-refractivity contribution in [2.75, 3.05) is 19.9 Å². The number of aromatic nitrogens is 2. The number of rotatable bonds is 5. The third kappa shape index (κ3) is 4.04. The lowest BCUT2D eigenvalue weighted by Crippen LogP contribution is -2.39. The molecule has 0 bridgehead atoms. The summed E-state index contributed by atoms with van der Waals surface area (Å²) in [5, 5.41) is 7.15. The summed E-state index contributed by atoms with van der Waals surface area (Å²) in [6, 6.07) is 9.60. The number of hydrogen-bond donors (Lipinski definition) is 1. The summed E-state index contributed by atoms with van der Waals surface area (Å²) in [4.78, 5) is 14.8. The molecular weight excluding hydrogens is 416 g/mol. The lowest BCUT2D eigenvalue weighted by molar-refractivity contribution is -0.132. The van der Waals surface area contributed by atoms with E-state index in [1.165, 1.54) is 6.07 Å². The minimum atomic E-state index is -0.890. The number of ether oxygens (including phenoxy) is 2. The molecule has 6 nitrogen and oxygen atoms in total. The number of likely N-dealkylation sites (tertiary alicyclic amines) is 1. The van der Waals surface area contributed by atoms with Gasteiger partial charge in [0.2, 0.25) is 12.7 Å². The predicted octanol–water partition coefficient (Wildman–Crippen LogP) is 4.42. The van der Waals surface area contributed by atoms with Crippen molar-refractivity contribution >= 4 is 5.91 Å². The summed E-state index contributed by atoms with van der Waals surface area (Å²) in [6.07, 6.45) is 4.43. The van der Waals surface area contributed by atoms with Gasteiger partial charge in [-0.15, -0.1) is 0 Å². The van der Waals surface area contributed by atoms with Gasteiger partial charge >= 0.3 is 0 Å². The molecule has 1 atom stereocenters. The number of piperidine rings is 1. The molecule has 32 heavy (non-hydrogen) atoms. The number of aromatic amines is 1. The molecule has 1 N–H and O–H groups in total. The van der Waals surface area contributed by atoms with Crippen molar-refractivity contribution in [2.45, 2.75) is 31.6 Å². The van der Waals surface area contributed by atoms with E-state index in [2.05, 4.69) is 10.2 Å². The van der Waals surface area contributed by atoms with Gasteiger partial charge in [-0.3, -0.25) is 9.89 Å². The van der Waals surface area contributed by atoms with Gasteiger partial charge in [0.05, 0.1) is 6.20 Å². The van der Waals surface area contributed by atoms with Crippen LogP contribution < -0.4 is 9.47 Å². The molecule has 2 aromatic carbocycles.